The van der Waals surface area contributed by atoms with Gasteiger partial charge in [-0.2, -0.15) is 8.42 Å². The van der Waals surface area contributed by atoms with Gasteiger partial charge in [0.1, 0.15) is 4.60 Å². The zero-order valence-corrected chi connectivity index (χ0v) is 11.3. The van der Waals surface area contributed by atoms with Crippen LogP contribution < -0.4 is 4.18 Å². The molecule has 94 valence electrons. The highest BCUT2D eigenvalue weighted by Gasteiger charge is 2.19. The maximum absolute atomic E-state index is 11.9. The van der Waals surface area contributed by atoms with Crippen molar-refractivity contribution in [1.82, 2.24) is 8.96 Å². The van der Waals surface area contributed by atoms with Gasteiger partial charge in [0.15, 0.2) is 12.0 Å². The summed E-state index contributed by atoms with van der Waals surface area (Å²) in [6.45, 7) is 0. The van der Waals surface area contributed by atoms with Crippen LogP contribution >= 0.6 is 15.9 Å². The fourth-order valence-corrected chi connectivity index (χ4v) is 3.07. The van der Waals surface area contributed by atoms with E-state index in [1.165, 1.54) is 24.5 Å². The molecule has 6 nitrogen and oxygen atoms in total. The van der Waals surface area contributed by atoms with Crippen LogP contribution in [0.15, 0.2) is 41.4 Å². The zero-order chi connectivity index (χ0) is 13.2. The lowest BCUT2D eigenvalue weighted by Gasteiger charge is -2.07. The van der Waals surface area contributed by atoms with Crippen molar-refractivity contribution in [3.05, 3.63) is 47.0 Å². The molecule has 0 bridgehead atoms. The smallest absolute Gasteiger partial charge is 0.365 e. The molecular formula is C10H7BrN2O4S. The molecule has 0 atom stereocenters. The molecule has 0 N–H and O–H groups in total. The number of aldehydes is 1. The van der Waals surface area contributed by atoms with Crippen molar-refractivity contribution < 1.29 is 17.4 Å². The lowest BCUT2D eigenvalue weighted by molar-refractivity contribution is 0.112. The highest BCUT2D eigenvalue weighted by molar-refractivity contribution is 9.10. The Bertz CT molecular complexity index is 666. The molecule has 0 amide bonds. The van der Waals surface area contributed by atoms with E-state index in [1.807, 2.05) is 0 Å². The van der Waals surface area contributed by atoms with Gasteiger partial charge < -0.3 is 4.18 Å². The minimum atomic E-state index is -4.06. The van der Waals surface area contributed by atoms with Gasteiger partial charge in [-0.1, -0.05) is 0 Å². The Labute approximate surface area is 112 Å². The number of carbonyl (C=O) groups is 1. The standard InChI is InChI=1S/C10H7BrN2O4S/c11-10-4-8(7-14)6-13(10)18(15,16)17-9-2-1-3-12-5-9/h1-7H. The Kier molecular flexibility index (Phi) is 3.48. The first kappa shape index (κ1) is 12.8. The highest BCUT2D eigenvalue weighted by Crippen LogP contribution is 2.19. The molecular weight excluding hydrogens is 324 g/mol. The van der Waals surface area contributed by atoms with E-state index < -0.39 is 10.3 Å². The predicted octanol–water partition coefficient (Wildman–Crippen LogP) is 1.63. The predicted molar refractivity (Wildman–Crippen MR) is 66.7 cm³/mol. The van der Waals surface area contributed by atoms with Gasteiger partial charge in [-0.05, 0) is 34.1 Å². The van der Waals surface area contributed by atoms with E-state index in [0.29, 0.717) is 6.29 Å². The summed E-state index contributed by atoms with van der Waals surface area (Å²) >= 11 is 3.04. The minimum absolute atomic E-state index is 0.0887. The molecule has 0 spiro atoms. The van der Waals surface area contributed by atoms with E-state index in [1.54, 1.807) is 6.07 Å². The molecule has 8 heteroatoms. The number of carbonyl (C=O) groups excluding carboxylic acids is 1. The number of nitrogens with zero attached hydrogens (tertiary/aromatic N) is 2. The van der Waals surface area contributed by atoms with Crippen molar-refractivity contribution in [2.24, 2.45) is 0 Å². The maximum Gasteiger partial charge on any atom is 0.414 e. The maximum atomic E-state index is 11.9. The first-order chi connectivity index (χ1) is 8.53. The first-order valence-corrected chi connectivity index (χ1v) is 6.87. The van der Waals surface area contributed by atoms with Gasteiger partial charge in [-0.25, -0.2) is 3.97 Å². The van der Waals surface area contributed by atoms with Crippen LogP contribution in [0, 0.1) is 0 Å². The second-order valence-electron chi connectivity index (χ2n) is 3.24. The Morgan fingerprint density at radius 3 is 2.78 bits per heavy atom. The van der Waals surface area contributed by atoms with Crippen LogP contribution in [0.5, 0.6) is 5.75 Å². The van der Waals surface area contributed by atoms with Crippen LogP contribution in [0.4, 0.5) is 0 Å². The number of halogens is 1. The summed E-state index contributed by atoms with van der Waals surface area (Å²) in [7, 11) is -4.06. The monoisotopic (exact) mass is 330 g/mol. The van der Waals surface area contributed by atoms with Crippen molar-refractivity contribution in [3.8, 4) is 5.75 Å². The van der Waals surface area contributed by atoms with Crippen molar-refractivity contribution in [2.45, 2.75) is 0 Å². The molecule has 0 aliphatic rings. The van der Waals surface area contributed by atoms with Crippen LogP contribution in [0.1, 0.15) is 10.4 Å². The largest absolute Gasteiger partial charge is 0.414 e. The molecule has 0 saturated carbocycles. The third kappa shape index (κ3) is 2.59. The van der Waals surface area contributed by atoms with Gasteiger partial charge in [0.05, 0.1) is 6.20 Å². The van der Waals surface area contributed by atoms with Crippen molar-refractivity contribution in [3.63, 3.8) is 0 Å². The average molecular weight is 331 g/mol. The van der Waals surface area contributed by atoms with Gasteiger partial charge in [-0.3, -0.25) is 9.78 Å². The normalized spacial score (nSPS) is 11.2. The van der Waals surface area contributed by atoms with E-state index in [2.05, 4.69) is 20.9 Å². The van der Waals surface area contributed by atoms with Gasteiger partial charge in [-0.15, -0.1) is 0 Å². The quantitative estimate of drug-likeness (QED) is 0.796. The third-order valence-electron chi connectivity index (χ3n) is 1.98. The average Bonchev–Trinajstić information content (AvgIpc) is 2.72. The summed E-state index contributed by atoms with van der Waals surface area (Å²) in [4.78, 5) is 14.3. The molecule has 2 aromatic rings. The zero-order valence-electron chi connectivity index (χ0n) is 8.86. The Hall–Kier alpha value is -1.67. The second-order valence-corrected chi connectivity index (χ2v) is 5.47. The van der Waals surface area contributed by atoms with Gasteiger partial charge in [0.2, 0.25) is 0 Å². The summed E-state index contributed by atoms with van der Waals surface area (Å²) < 4.78 is 29.7. The number of hydrogen-bond acceptors (Lipinski definition) is 5. The molecule has 0 aliphatic heterocycles. The molecule has 2 heterocycles. The Morgan fingerprint density at radius 2 is 2.22 bits per heavy atom. The van der Waals surface area contributed by atoms with Gasteiger partial charge in [0.25, 0.3) is 0 Å². The molecule has 0 unspecified atom stereocenters. The Balaban J connectivity index is 2.36. The van der Waals surface area contributed by atoms with E-state index >= 15 is 0 Å². The fourth-order valence-electron chi connectivity index (χ4n) is 1.23. The molecule has 0 fully saturated rings. The van der Waals surface area contributed by atoms with Crippen molar-refractivity contribution >= 4 is 32.5 Å². The molecule has 0 aliphatic carbocycles. The molecule has 0 radical (unpaired) electrons. The van der Waals surface area contributed by atoms with Crippen molar-refractivity contribution in [1.29, 1.82) is 0 Å². The van der Waals surface area contributed by atoms with Crippen LogP contribution in [-0.2, 0) is 10.3 Å². The third-order valence-corrected chi connectivity index (χ3v) is 4.01. The molecule has 2 rings (SSSR count). The van der Waals surface area contributed by atoms with Gasteiger partial charge >= 0.3 is 10.3 Å². The molecule has 0 aromatic carbocycles. The molecule has 2 aromatic heterocycles. The second kappa shape index (κ2) is 4.91. The fraction of sp³-hybridized carbons (Fsp3) is 0. The van der Waals surface area contributed by atoms with E-state index in [9.17, 15) is 13.2 Å². The number of hydrogen-bond donors (Lipinski definition) is 0. The summed E-state index contributed by atoms with van der Waals surface area (Å²) in [6, 6.07) is 4.38. The van der Waals surface area contributed by atoms with Crippen LogP contribution in [0.2, 0.25) is 0 Å². The molecule has 0 saturated heterocycles. The minimum Gasteiger partial charge on any atom is -0.365 e. The van der Waals surface area contributed by atoms with Crippen LogP contribution in [0.25, 0.3) is 0 Å². The summed E-state index contributed by atoms with van der Waals surface area (Å²) in [6.07, 6.45) is 4.47. The Morgan fingerprint density at radius 1 is 1.44 bits per heavy atom. The lowest BCUT2D eigenvalue weighted by atomic mass is 10.4. The topological polar surface area (TPSA) is 78.3 Å². The summed E-state index contributed by atoms with van der Waals surface area (Å²) in [5.41, 5.74) is 0.222. The summed E-state index contributed by atoms with van der Waals surface area (Å²) in [5, 5.41) is 0. The van der Waals surface area contributed by atoms with Crippen LogP contribution in [-0.4, -0.2) is 23.7 Å². The SMILES string of the molecule is O=Cc1cc(Br)n(S(=O)(=O)Oc2cccnc2)c1. The van der Waals surface area contributed by atoms with Crippen LogP contribution in [0.3, 0.4) is 0 Å². The van der Waals surface area contributed by atoms with E-state index in [0.717, 1.165) is 10.2 Å². The summed E-state index contributed by atoms with van der Waals surface area (Å²) in [5.74, 6) is 0.0887. The first-order valence-electron chi connectivity index (χ1n) is 4.71. The molecule has 18 heavy (non-hydrogen) atoms. The number of aromatic nitrogens is 2. The number of pyridine rings is 1. The highest BCUT2D eigenvalue weighted by atomic mass is 79.9. The van der Waals surface area contributed by atoms with Crippen molar-refractivity contribution in [2.75, 3.05) is 0 Å². The number of rotatable bonds is 4. The van der Waals surface area contributed by atoms with E-state index in [-0.39, 0.29) is 15.9 Å². The van der Waals surface area contributed by atoms with E-state index in [4.69, 9.17) is 4.18 Å². The van der Waals surface area contributed by atoms with Gasteiger partial charge in [0, 0.05) is 18.0 Å². The lowest BCUT2D eigenvalue weighted by Crippen LogP contribution is -2.18.